The van der Waals surface area contributed by atoms with Crippen molar-refractivity contribution >= 4 is 21.6 Å². The molecule has 6 heteroatoms. The minimum absolute atomic E-state index is 0.0145. The van der Waals surface area contributed by atoms with Gasteiger partial charge in [-0.2, -0.15) is 8.78 Å². The molecule has 1 rings (SSSR count). The van der Waals surface area contributed by atoms with E-state index in [4.69, 9.17) is 5.84 Å². The molecule has 72 valence electrons. The first-order valence-electron chi connectivity index (χ1n) is 3.34. The summed E-state index contributed by atoms with van der Waals surface area (Å²) < 4.78 is 28.6. The summed E-state index contributed by atoms with van der Waals surface area (Å²) in [6.07, 6.45) is 0. The van der Waals surface area contributed by atoms with E-state index in [0.717, 1.165) is 4.47 Å². The third kappa shape index (κ3) is 2.82. The lowest BCUT2D eigenvalue weighted by atomic mass is 10.3. The van der Waals surface area contributed by atoms with Crippen LogP contribution in [-0.2, 0) is 0 Å². The highest BCUT2D eigenvalue weighted by Gasteiger charge is 2.08. The number of nitrogens with two attached hydrogens (primary N) is 1. The van der Waals surface area contributed by atoms with E-state index in [1.165, 1.54) is 12.1 Å². The van der Waals surface area contributed by atoms with Crippen LogP contribution < -0.4 is 16.0 Å². The summed E-state index contributed by atoms with van der Waals surface area (Å²) >= 11 is 3.16. The Balaban J connectivity index is 2.92. The molecular weight excluding hydrogens is 246 g/mol. The molecule has 1 aromatic rings. The Labute approximate surface area is 82.0 Å². The van der Waals surface area contributed by atoms with Gasteiger partial charge in [0.2, 0.25) is 0 Å². The van der Waals surface area contributed by atoms with Gasteiger partial charge in [-0.05, 0) is 18.2 Å². The average molecular weight is 253 g/mol. The zero-order chi connectivity index (χ0) is 9.84. The molecule has 0 atom stereocenters. The molecule has 0 heterocycles. The molecule has 13 heavy (non-hydrogen) atoms. The van der Waals surface area contributed by atoms with Crippen molar-refractivity contribution in [3.63, 3.8) is 0 Å². The normalized spacial score (nSPS) is 10.2. The molecule has 0 bridgehead atoms. The highest BCUT2D eigenvalue weighted by atomic mass is 79.9. The lowest BCUT2D eigenvalue weighted by Gasteiger charge is -2.09. The van der Waals surface area contributed by atoms with E-state index in [0.29, 0.717) is 5.69 Å². The van der Waals surface area contributed by atoms with Crippen molar-refractivity contribution in [1.82, 2.24) is 0 Å². The Bertz CT molecular complexity index is 296. The number of hydrogen-bond donors (Lipinski definition) is 2. The van der Waals surface area contributed by atoms with Crippen molar-refractivity contribution in [2.45, 2.75) is 6.61 Å². The highest BCUT2D eigenvalue weighted by molar-refractivity contribution is 9.10. The summed E-state index contributed by atoms with van der Waals surface area (Å²) in [5.74, 6) is 5.11. The Morgan fingerprint density at radius 3 is 2.69 bits per heavy atom. The first-order valence-corrected chi connectivity index (χ1v) is 4.13. The van der Waals surface area contributed by atoms with Gasteiger partial charge in [0.05, 0.1) is 5.69 Å². The maximum atomic E-state index is 11.8. The van der Waals surface area contributed by atoms with E-state index in [-0.39, 0.29) is 5.75 Å². The number of nitrogen functional groups attached to an aromatic ring is 1. The third-order valence-corrected chi connectivity index (χ3v) is 1.81. The molecule has 0 saturated carbocycles. The average Bonchev–Trinajstić information content (AvgIpc) is 2.07. The van der Waals surface area contributed by atoms with Crippen LogP contribution in [0.15, 0.2) is 22.7 Å². The molecule has 0 amide bonds. The molecular formula is C7H7BrF2N2O. The van der Waals surface area contributed by atoms with E-state index in [1.54, 1.807) is 6.07 Å². The van der Waals surface area contributed by atoms with Gasteiger partial charge in [0.15, 0.2) is 5.75 Å². The van der Waals surface area contributed by atoms with Crippen LogP contribution in [0.25, 0.3) is 0 Å². The molecule has 0 radical (unpaired) electrons. The lowest BCUT2D eigenvalue weighted by Crippen LogP contribution is -2.10. The van der Waals surface area contributed by atoms with Gasteiger partial charge in [0.1, 0.15) is 0 Å². The molecule has 0 aliphatic rings. The molecule has 0 saturated heterocycles. The van der Waals surface area contributed by atoms with E-state index in [2.05, 4.69) is 26.1 Å². The zero-order valence-electron chi connectivity index (χ0n) is 6.43. The van der Waals surface area contributed by atoms with Crippen molar-refractivity contribution in [2.24, 2.45) is 5.84 Å². The first-order chi connectivity index (χ1) is 6.13. The number of anilines is 1. The van der Waals surface area contributed by atoms with Crippen LogP contribution in [0.2, 0.25) is 0 Å². The molecule has 3 N–H and O–H groups in total. The van der Waals surface area contributed by atoms with Crippen molar-refractivity contribution < 1.29 is 13.5 Å². The largest absolute Gasteiger partial charge is 0.433 e. The number of halogens is 3. The SMILES string of the molecule is NNc1cc(Br)ccc1OC(F)F. The van der Waals surface area contributed by atoms with Crippen molar-refractivity contribution in [3.8, 4) is 5.75 Å². The van der Waals surface area contributed by atoms with Crippen LogP contribution in [0.1, 0.15) is 0 Å². The van der Waals surface area contributed by atoms with Gasteiger partial charge in [-0.15, -0.1) is 0 Å². The number of rotatable bonds is 3. The smallest absolute Gasteiger partial charge is 0.387 e. The highest BCUT2D eigenvalue weighted by Crippen LogP contribution is 2.28. The van der Waals surface area contributed by atoms with E-state index in [1.807, 2.05) is 0 Å². The van der Waals surface area contributed by atoms with Gasteiger partial charge in [0.25, 0.3) is 0 Å². The predicted molar refractivity (Wildman–Crippen MR) is 48.6 cm³/mol. The van der Waals surface area contributed by atoms with Crippen LogP contribution in [0.5, 0.6) is 5.75 Å². The maximum Gasteiger partial charge on any atom is 0.387 e. The summed E-state index contributed by atoms with van der Waals surface area (Å²) in [7, 11) is 0. The van der Waals surface area contributed by atoms with Crippen molar-refractivity contribution in [3.05, 3.63) is 22.7 Å². The van der Waals surface area contributed by atoms with Gasteiger partial charge in [-0.3, -0.25) is 5.84 Å². The first kappa shape index (κ1) is 10.2. The van der Waals surface area contributed by atoms with Gasteiger partial charge in [-0.25, -0.2) is 0 Å². The second kappa shape index (κ2) is 4.38. The second-order valence-corrected chi connectivity index (χ2v) is 3.08. The molecule has 0 aliphatic carbocycles. The minimum atomic E-state index is -2.85. The predicted octanol–water partition coefficient (Wildman–Crippen LogP) is 2.34. The quantitative estimate of drug-likeness (QED) is 0.642. The number of alkyl halides is 2. The Morgan fingerprint density at radius 1 is 1.46 bits per heavy atom. The standard InChI is InChI=1S/C7H7BrF2N2O/c8-4-1-2-6(13-7(9)10)5(3-4)12-11/h1-3,7,12H,11H2. The van der Waals surface area contributed by atoms with Gasteiger partial charge >= 0.3 is 6.61 Å². The number of benzene rings is 1. The van der Waals surface area contributed by atoms with Gasteiger partial charge in [0, 0.05) is 4.47 Å². The number of hydrazine groups is 1. The summed E-state index contributed by atoms with van der Waals surface area (Å²) in [6, 6.07) is 4.52. The molecule has 0 unspecified atom stereocenters. The molecule has 0 aliphatic heterocycles. The third-order valence-electron chi connectivity index (χ3n) is 1.31. The number of hydrogen-bond acceptors (Lipinski definition) is 3. The van der Waals surface area contributed by atoms with E-state index >= 15 is 0 Å². The summed E-state index contributed by atoms with van der Waals surface area (Å²) in [4.78, 5) is 0. The Hall–Kier alpha value is -0.880. The van der Waals surface area contributed by atoms with E-state index in [9.17, 15) is 8.78 Å². The summed E-state index contributed by atoms with van der Waals surface area (Å²) in [5, 5.41) is 0. The molecule has 0 fully saturated rings. The topological polar surface area (TPSA) is 47.3 Å². The number of ether oxygens (including phenoxy) is 1. The van der Waals surface area contributed by atoms with Crippen LogP contribution in [0.3, 0.4) is 0 Å². The fourth-order valence-corrected chi connectivity index (χ4v) is 1.17. The van der Waals surface area contributed by atoms with Crippen LogP contribution in [0.4, 0.5) is 14.5 Å². The Morgan fingerprint density at radius 2 is 2.15 bits per heavy atom. The van der Waals surface area contributed by atoms with Gasteiger partial charge in [-0.1, -0.05) is 15.9 Å². The van der Waals surface area contributed by atoms with Crippen molar-refractivity contribution in [1.29, 1.82) is 0 Å². The molecule has 0 aromatic heterocycles. The number of nitrogens with one attached hydrogen (secondary N) is 1. The van der Waals surface area contributed by atoms with Crippen LogP contribution >= 0.6 is 15.9 Å². The fourth-order valence-electron chi connectivity index (χ4n) is 0.814. The zero-order valence-corrected chi connectivity index (χ0v) is 8.01. The van der Waals surface area contributed by atoms with Crippen molar-refractivity contribution in [2.75, 3.05) is 5.43 Å². The van der Waals surface area contributed by atoms with E-state index < -0.39 is 6.61 Å². The van der Waals surface area contributed by atoms with Crippen LogP contribution in [0, 0.1) is 0 Å². The summed E-state index contributed by atoms with van der Waals surface area (Å²) in [6.45, 7) is -2.85. The monoisotopic (exact) mass is 252 g/mol. The maximum absolute atomic E-state index is 11.8. The summed E-state index contributed by atoms with van der Waals surface area (Å²) in [5.41, 5.74) is 2.55. The Kier molecular flexibility index (Phi) is 3.44. The van der Waals surface area contributed by atoms with Gasteiger partial charge < -0.3 is 10.2 Å². The van der Waals surface area contributed by atoms with Crippen LogP contribution in [-0.4, -0.2) is 6.61 Å². The lowest BCUT2D eigenvalue weighted by molar-refractivity contribution is -0.0493. The fraction of sp³-hybridized carbons (Fsp3) is 0.143. The molecule has 3 nitrogen and oxygen atoms in total. The minimum Gasteiger partial charge on any atom is -0.433 e. The molecule has 1 aromatic carbocycles. The second-order valence-electron chi connectivity index (χ2n) is 2.16. The molecule has 0 spiro atoms.